The topological polar surface area (TPSA) is 38.0 Å². The van der Waals surface area contributed by atoms with E-state index in [4.69, 9.17) is 5.10 Å². The molecule has 0 aliphatic heterocycles. The van der Waals surface area contributed by atoms with E-state index in [-0.39, 0.29) is 6.10 Å². The van der Waals surface area contributed by atoms with E-state index in [1.54, 1.807) is 0 Å². The third-order valence-electron chi connectivity index (χ3n) is 5.85. The van der Waals surface area contributed by atoms with Gasteiger partial charge in [-0.1, -0.05) is 19.3 Å². The van der Waals surface area contributed by atoms with Crippen LogP contribution in [0.5, 0.6) is 0 Å². The van der Waals surface area contributed by atoms with Crippen LogP contribution in [0.15, 0.2) is 12.3 Å². The zero-order valence-electron chi connectivity index (χ0n) is 12.2. The summed E-state index contributed by atoms with van der Waals surface area (Å²) in [6.45, 7) is 0. The molecule has 1 aromatic heterocycles. The van der Waals surface area contributed by atoms with Crippen molar-refractivity contribution in [2.24, 2.45) is 17.8 Å². The number of rotatable bonds is 4. The lowest BCUT2D eigenvalue weighted by Gasteiger charge is -2.22. The Morgan fingerprint density at radius 2 is 1.90 bits per heavy atom. The summed E-state index contributed by atoms with van der Waals surface area (Å²) in [6, 6.07) is 2.72. The van der Waals surface area contributed by atoms with Gasteiger partial charge in [0.25, 0.3) is 0 Å². The second kappa shape index (κ2) is 5.18. The van der Waals surface area contributed by atoms with Crippen molar-refractivity contribution in [3.63, 3.8) is 0 Å². The van der Waals surface area contributed by atoms with Gasteiger partial charge in [0.15, 0.2) is 0 Å². The predicted octanol–water partition coefficient (Wildman–Crippen LogP) is 3.34. The first-order valence-corrected chi connectivity index (χ1v) is 8.51. The molecule has 3 atom stereocenters. The van der Waals surface area contributed by atoms with E-state index in [2.05, 4.69) is 16.9 Å². The molecule has 4 rings (SSSR count). The predicted molar refractivity (Wildman–Crippen MR) is 78.4 cm³/mol. The van der Waals surface area contributed by atoms with Gasteiger partial charge in [-0.25, -0.2) is 0 Å². The first-order chi connectivity index (χ1) is 9.79. The average Bonchev–Trinajstić information content (AvgIpc) is 2.91. The maximum absolute atomic E-state index is 10.4. The molecule has 3 nitrogen and oxygen atoms in total. The molecule has 110 valence electrons. The molecule has 3 saturated carbocycles. The van der Waals surface area contributed by atoms with E-state index in [9.17, 15) is 5.11 Å². The number of hydrogen-bond donors (Lipinski definition) is 1. The standard InChI is InChI=1S/C17H26N2O/c20-17(14-9-12-8-13(12)10-14)11-15-6-7-19(18-15)16-4-2-1-3-5-16/h6-7,12-14,16-17,20H,1-5,8-11H2. The van der Waals surface area contributed by atoms with Crippen molar-refractivity contribution in [1.82, 2.24) is 9.78 Å². The highest BCUT2D eigenvalue weighted by molar-refractivity contribution is 5.05. The van der Waals surface area contributed by atoms with Gasteiger partial charge >= 0.3 is 0 Å². The molecule has 3 aliphatic rings. The minimum absolute atomic E-state index is 0.169. The smallest absolute Gasteiger partial charge is 0.0650 e. The molecule has 1 heterocycles. The van der Waals surface area contributed by atoms with Crippen LogP contribution in [-0.4, -0.2) is 21.0 Å². The molecule has 3 fully saturated rings. The number of nitrogens with zero attached hydrogens (tertiary/aromatic N) is 2. The fraction of sp³-hybridized carbons (Fsp3) is 0.824. The van der Waals surface area contributed by atoms with Crippen LogP contribution in [0, 0.1) is 17.8 Å². The molecule has 0 bridgehead atoms. The summed E-state index contributed by atoms with van der Waals surface area (Å²) in [5.74, 6) is 2.45. The van der Waals surface area contributed by atoms with Gasteiger partial charge in [-0.2, -0.15) is 5.10 Å². The minimum atomic E-state index is -0.169. The SMILES string of the molecule is OC(Cc1ccn(C2CCCCC2)n1)C1CC2CC2C1. The number of aliphatic hydroxyl groups excluding tert-OH is 1. The molecule has 0 amide bonds. The van der Waals surface area contributed by atoms with Crippen molar-refractivity contribution >= 4 is 0 Å². The summed E-state index contributed by atoms with van der Waals surface area (Å²) >= 11 is 0. The van der Waals surface area contributed by atoms with Crippen LogP contribution in [0.4, 0.5) is 0 Å². The Balaban J connectivity index is 1.35. The molecular formula is C17H26N2O. The normalized spacial score (nSPS) is 35.0. The zero-order chi connectivity index (χ0) is 13.5. The summed E-state index contributed by atoms with van der Waals surface area (Å²) in [5, 5.41) is 15.1. The maximum atomic E-state index is 10.4. The highest BCUT2D eigenvalue weighted by atomic mass is 16.3. The Morgan fingerprint density at radius 3 is 2.65 bits per heavy atom. The van der Waals surface area contributed by atoms with E-state index < -0.39 is 0 Å². The Hall–Kier alpha value is -0.830. The summed E-state index contributed by atoms with van der Waals surface area (Å²) in [7, 11) is 0. The highest BCUT2D eigenvalue weighted by Crippen LogP contribution is 2.55. The quantitative estimate of drug-likeness (QED) is 0.914. The molecule has 3 heteroatoms. The number of aliphatic hydroxyl groups is 1. The lowest BCUT2D eigenvalue weighted by atomic mass is 9.94. The molecule has 0 spiro atoms. The van der Waals surface area contributed by atoms with Crippen molar-refractivity contribution < 1.29 is 5.11 Å². The van der Waals surface area contributed by atoms with Crippen molar-refractivity contribution in [2.45, 2.75) is 69.9 Å². The van der Waals surface area contributed by atoms with E-state index in [0.717, 1.165) is 24.0 Å². The molecule has 0 aromatic carbocycles. The maximum Gasteiger partial charge on any atom is 0.0650 e. The molecule has 3 unspecified atom stereocenters. The van der Waals surface area contributed by atoms with Gasteiger partial charge in [-0.15, -0.1) is 0 Å². The van der Waals surface area contributed by atoms with E-state index in [0.29, 0.717) is 12.0 Å². The Kier molecular flexibility index (Phi) is 3.33. The summed E-state index contributed by atoms with van der Waals surface area (Å²) < 4.78 is 2.16. The fourth-order valence-corrected chi connectivity index (χ4v) is 4.49. The van der Waals surface area contributed by atoms with Crippen LogP contribution in [-0.2, 0) is 6.42 Å². The largest absolute Gasteiger partial charge is 0.392 e. The van der Waals surface area contributed by atoms with Crippen molar-refractivity contribution in [2.75, 3.05) is 0 Å². The Morgan fingerprint density at radius 1 is 1.15 bits per heavy atom. The van der Waals surface area contributed by atoms with E-state index in [1.807, 2.05) is 0 Å². The van der Waals surface area contributed by atoms with Gasteiger partial charge in [-0.3, -0.25) is 4.68 Å². The highest BCUT2D eigenvalue weighted by Gasteiger charge is 2.47. The fourth-order valence-electron chi connectivity index (χ4n) is 4.49. The van der Waals surface area contributed by atoms with Gasteiger partial charge in [0, 0.05) is 12.6 Å². The number of fused-ring (bicyclic) bond motifs is 1. The molecule has 20 heavy (non-hydrogen) atoms. The third-order valence-corrected chi connectivity index (χ3v) is 5.85. The second-order valence-electron chi connectivity index (χ2n) is 7.34. The van der Waals surface area contributed by atoms with E-state index >= 15 is 0 Å². The molecule has 1 aromatic rings. The van der Waals surface area contributed by atoms with Crippen LogP contribution >= 0.6 is 0 Å². The minimum Gasteiger partial charge on any atom is -0.392 e. The van der Waals surface area contributed by atoms with Crippen molar-refractivity contribution in [3.8, 4) is 0 Å². The molecule has 3 aliphatic carbocycles. The van der Waals surface area contributed by atoms with Crippen LogP contribution < -0.4 is 0 Å². The molecule has 1 N–H and O–H groups in total. The van der Waals surface area contributed by atoms with Crippen LogP contribution in [0.3, 0.4) is 0 Å². The van der Waals surface area contributed by atoms with Crippen LogP contribution in [0.2, 0.25) is 0 Å². The second-order valence-corrected chi connectivity index (χ2v) is 7.34. The number of hydrogen-bond acceptors (Lipinski definition) is 2. The van der Waals surface area contributed by atoms with Gasteiger partial charge in [0.1, 0.15) is 0 Å². The monoisotopic (exact) mass is 274 g/mol. The summed E-state index contributed by atoms with van der Waals surface area (Å²) in [5.41, 5.74) is 1.09. The van der Waals surface area contributed by atoms with Crippen molar-refractivity contribution in [3.05, 3.63) is 18.0 Å². The average molecular weight is 274 g/mol. The lowest BCUT2D eigenvalue weighted by Crippen LogP contribution is -2.22. The van der Waals surface area contributed by atoms with Crippen LogP contribution in [0.1, 0.15) is 63.1 Å². The Bertz CT molecular complexity index is 453. The lowest BCUT2D eigenvalue weighted by molar-refractivity contribution is 0.103. The third kappa shape index (κ3) is 2.52. The van der Waals surface area contributed by atoms with Crippen LogP contribution in [0.25, 0.3) is 0 Å². The molecular weight excluding hydrogens is 248 g/mol. The Labute approximate surface area is 121 Å². The molecule has 0 radical (unpaired) electrons. The first kappa shape index (κ1) is 12.9. The van der Waals surface area contributed by atoms with Gasteiger partial charge in [0.05, 0.1) is 17.8 Å². The summed E-state index contributed by atoms with van der Waals surface area (Å²) in [6.07, 6.45) is 13.3. The molecule has 0 saturated heterocycles. The summed E-state index contributed by atoms with van der Waals surface area (Å²) in [4.78, 5) is 0. The van der Waals surface area contributed by atoms with Gasteiger partial charge < -0.3 is 5.11 Å². The van der Waals surface area contributed by atoms with E-state index in [1.165, 1.54) is 51.4 Å². The number of aromatic nitrogens is 2. The van der Waals surface area contributed by atoms with Gasteiger partial charge in [0.2, 0.25) is 0 Å². The first-order valence-electron chi connectivity index (χ1n) is 8.51. The van der Waals surface area contributed by atoms with Gasteiger partial charge in [-0.05, 0) is 55.9 Å². The zero-order valence-corrected chi connectivity index (χ0v) is 12.2. The van der Waals surface area contributed by atoms with Crippen molar-refractivity contribution in [1.29, 1.82) is 0 Å².